The molecule has 0 aliphatic heterocycles. The van der Waals surface area contributed by atoms with E-state index in [1.165, 1.54) is 4.90 Å². The van der Waals surface area contributed by atoms with Crippen LogP contribution >= 0.6 is 0 Å². The van der Waals surface area contributed by atoms with Gasteiger partial charge in [0, 0.05) is 13.1 Å². The van der Waals surface area contributed by atoms with Crippen molar-refractivity contribution >= 4 is 17.9 Å². The second-order valence-electron chi connectivity index (χ2n) is 8.61. The Morgan fingerprint density at radius 3 is 2.48 bits per heavy atom. The zero-order valence-corrected chi connectivity index (χ0v) is 19.7. The summed E-state index contributed by atoms with van der Waals surface area (Å²) in [6.45, 7) is 15.2. The van der Waals surface area contributed by atoms with E-state index in [-0.39, 0.29) is 12.5 Å². The Hall–Kier alpha value is -2.83. The molecule has 7 nitrogen and oxygen atoms in total. The van der Waals surface area contributed by atoms with Gasteiger partial charge in [-0.2, -0.15) is 0 Å². The van der Waals surface area contributed by atoms with E-state index >= 15 is 0 Å². The predicted octanol–water partition coefficient (Wildman–Crippen LogP) is 3.88. The maximum absolute atomic E-state index is 13.3. The fourth-order valence-corrected chi connectivity index (χ4v) is 3.05. The molecule has 0 aromatic heterocycles. The summed E-state index contributed by atoms with van der Waals surface area (Å²) in [5.74, 6) is -0.665. The second-order valence-corrected chi connectivity index (χ2v) is 8.61. The Kier molecular flexibility index (Phi) is 10.3. The van der Waals surface area contributed by atoms with Crippen LogP contribution in [0.5, 0.6) is 0 Å². The van der Waals surface area contributed by atoms with Gasteiger partial charge < -0.3 is 20.3 Å². The lowest BCUT2D eigenvalue weighted by Gasteiger charge is -2.33. The fraction of sp³-hybridized carbons (Fsp3) is 0.542. The smallest absolute Gasteiger partial charge is 0.408 e. The molecule has 31 heavy (non-hydrogen) atoms. The van der Waals surface area contributed by atoms with Gasteiger partial charge in [-0.3, -0.25) is 9.59 Å². The topological polar surface area (TPSA) is 87.7 Å². The normalized spacial score (nSPS) is 13.0. The predicted molar refractivity (Wildman–Crippen MR) is 123 cm³/mol. The largest absolute Gasteiger partial charge is 0.444 e. The molecule has 2 unspecified atom stereocenters. The van der Waals surface area contributed by atoms with Crippen LogP contribution in [0.2, 0.25) is 0 Å². The number of hydrogen-bond acceptors (Lipinski definition) is 4. The molecule has 2 atom stereocenters. The number of ether oxygens (including phenoxy) is 1. The Balaban J connectivity index is 3.19. The van der Waals surface area contributed by atoms with Crippen LogP contribution in [0, 0.1) is 6.92 Å². The number of hydrogen-bond donors (Lipinski definition) is 2. The molecular formula is C24H37N3O4. The summed E-state index contributed by atoms with van der Waals surface area (Å²) < 4.78 is 5.25. The molecule has 0 bridgehead atoms. The van der Waals surface area contributed by atoms with Gasteiger partial charge in [0.1, 0.15) is 17.7 Å². The minimum absolute atomic E-state index is 0.152. The van der Waals surface area contributed by atoms with E-state index in [0.29, 0.717) is 12.1 Å². The third-order valence-corrected chi connectivity index (χ3v) is 4.46. The quantitative estimate of drug-likeness (QED) is 0.435. The van der Waals surface area contributed by atoms with Crippen molar-refractivity contribution in [2.75, 3.05) is 13.1 Å². The molecular weight excluding hydrogens is 394 g/mol. The molecule has 0 saturated heterocycles. The van der Waals surface area contributed by atoms with E-state index in [4.69, 9.17) is 4.74 Å². The third-order valence-electron chi connectivity index (χ3n) is 4.46. The first kappa shape index (κ1) is 26.2. The molecule has 0 saturated carbocycles. The Morgan fingerprint density at radius 1 is 1.26 bits per heavy atom. The van der Waals surface area contributed by atoms with Gasteiger partial charge in [-0.1, -0.05) is 49.2 Å². The van der Waals surface area contributed by atoms with Crippen LogP contribution in [0.25, 0.3) is 0 Å². The van der Waals surface area contributed by atoms with Crippen molar-refractivity contribution in [2.24, 2.45) is 0 Å². The van der Waals surface area contributed by atoms with Crippen molar-refractivity contribution in [3.05, 3.63) is 48.0 Å². The zero-order valence-electron chi connectivity index (χ0n) is 19.7. The highest BCUT2D eigenvalue weighted by atomic mass is 16.6. The van der Waals surface area contributed by atoms with Gasteiger partial charge in [-0.15, -0.1) is 6.58 Å². The average molecular weight is 432 g/mol. The molecule has 3 amide bonds. The van der Waals surface area contributed by atoms with Crippen LogP contribution in [0.1, 0.15) is 64.6 Å². The third kappa shape index (κ3) is 8.82. The second kappa shape index (κ2) is 12.1. The number of alkyl carbamates (subject to hydrolysis) is 1. The van der Waals surface area contributed by atoms with Gasteiger partial charge in [-0.25, -0.2) is 4.79 Å². The number of amides is 3. The van der Waals surface area contributed by atoms with E-state index in [1.807, 2.05) is 38.1 Å². The van der Waals surface area contributed by atoms with Crippen LogP contribution < -0.4 is 10.6 Å². The summed E-state index contributed by atoms with van der Waals surface area (Å²) in [6.07, 6.45) is 2.67. The zero-order chi connectivity index (χ0) is 23.6. The van der Waals surface area contributed by atoms with Crippen molar-refractivity contribution in [1.82, 2.24) is 15.5 Å². The molecule has 1 aromatic rings. The van der Waals surface area contributed by atoms with E-state index in [2.05, 4.69) is 17.2 Å². The summed E-state index contributed by atoms with van der Waals surface area (Å²) in [6, 6.07) is 5.78. The lowest BCUT2D eigenvalue weighted by Crippen LogP contribution is -2.52. The molecule has 2 N–H and O–H groups in total. The highest BCUT2D eigenvalue weighted by Gasteiger charge is 2.34. The molecule has 7 heteroatoms. The number of carbonyl (C=O) groups excluding carboxylic acids is 3. The van der Waals surface area contributed by atoms with Crippen LogP contribution in [0.15, 0.2) is 36.9 Å². The highest BCUT2D eigenvalue weighted by Crippen LogP contribution is 2.23. The van der Waals surface area contributed by atoms with E-state index in [9.17, 15) is 14.4 Å². The molecule has 1 aromatic carbocycles. The first-order valence-electron chi connectivity index (χ1n) is 10.7. The number of benzene rings is 1. The molecule has 172 valence electrons. The van der Waals surface area contributed by atoms with Gasteiger partial charge in [0.05, 0.1) is 0 Å². The highest BCUT2D eigenvalue weighted by molar-refractivity contribution is 5.92. The lowest BCUT2D eigenvalue weighted by atomic mass is 10.0. The number of aryl methyl sites for hydroxylation is 1. The maximum Gasteiger partial charge on any atom is 0.408 e. The average Bonchev–Trinajstić information content (AvgIpc) is 2.65. The number of rotatable bonds is 10. The van der Waals surface area contributed by atoms with Gasteiger partial charge in [0.25, 0.3) is 0 Å². The first-order chi connectivity index (χ1) is 14.5. The molecule has 0 fully saturated rings. The maximum atomic E-state index is 13.3. The first-order valence-corrected chi connectivity index (χ1v) is 10.7. The Labute approximate surface area is 186 Å². The van der Waals surface area contributed by atoms with Gasteiger partial charge in [-0.05, 0) is 46.6 Å². The van der Waals surface area contributed by atoms with Crippen LogP contribution in [0.3, 0.4) is 0 Å². The number of carbonyl (C=O) groups is 3. The summed E-state index contributed by atoms with van der Waals surface area (Å²) in [4.78, 5) is 40.0. The molecule has 0 radical (unpaired) electrons. The van der Waals surface area contributed by atoms with Gasteiger partial charge in [0.15, 0.2) is 0 Å². The van der Waals surface area contributed by atoms with Crippen molar-refractivity contribution in [1.29, 1.82) is 0 Å². The lowest BCUT2D eigenvalue weighted by molar-refractivity contribution is -0.141. The van der Waals surface area contributed by atoms with E-state index in [0.717, 1.165) is 18.4 Å². The standard InChI is InChI=1S/C24H37N3O4/c1-8-10-14-25-21(28)20(19-13-11-12-17(3)16-19)27(15-9-2)22(29)18(4)26-23(30)31-24(5,6)7/h9,11-13,16,18,20H,2,8,10,14-15H2,1,3-7H3,(H,25,28)(H,26,30). The monoisotopic (exact) mass is 431 g/mol. The van der Waals surface area contributed by atoms with Crippen molar-refractivity contribution in [3.63, 3.8) is 0 Å². The summed E-state index contributed by atoms with van der Waals surface area (Å²) >= 11 is 0. The Bertz CT molecular complexity index is 770. The van der Waals surface area contributed by atoms with Crippen LogP contribution in [-0.4, -0.2) is 47.5 Å². The number of unbranched alkanes of at least 4 members (excludes halogenated alkanes) is 1. The number of nitrogens with one attached hydrogen (secondary N) is 2. The molecule has 1 rings (SSSR count). The Morgan fingerprint density at radius 2 is 1.94 bits per heavy atom. The van der Waals surface area contributed by atoms with E-state index in [1.54, 1.807) is 33.8 Å². The van der Waals surface area contributed by atoms with Crippen molar-refractivity contribution in [3.8, 4) is 0 Å². The molecule has 0 aliphatic carbocycles. The summed E-state index contributed by atoms with van der Waals surface area (Å²) in [5, 5.41) is 5.49. The minimum Gasteiger partial charge on any atom is -0.444 e. The minimum atomic E-state index is -0.884. The van der Waals surface area contributed by atoms with Crippen molar-refractivity contribution < 1.29 is 19.1 Å². The molecule has 0 heterocycles. The van der Waals surface area contributed by atoms with Crippen LogP contribution in [-0.2, 0) is 14.3 Å². The van der Waals surface area contributed by atoms with Crippen LogP contribution in [0.4, 0.5) is 4.79 Å². The van der Waals surface area contributed by atoms with Gasteiger partial charge in [0.2, 0.25) is 11.8 Å². The molecule has 0 spiro atoms. The summed E-state index contributed by atoms with van der Waals surface area (Å²) in [7, 11) is 0. The van der Waals surface area contributed by atoms with E-state index < -0.39 is 29.7 Å². The van der Waals surface area contributed by atoms with Crippen molar-refractivity contribution in [2.45, 2.75) is 72.1 Å². The van der Waals surface area contributed by atoms with Gasteiger partial charge >= 0.3 is 6.09 Å². The summed E-state index contributed by atoms with van der Waals surface area (Å²) in [5.41, 5.74) is 1.00. The SMILES string of the molecule is C=CCN(C(=O)C(C)NC(=O)OC(C)(C)C)C(C(=O)NCCCC)c1cccc(C)c1. The fourth-order valence-electron chi connectivity index (χ4n) is 3.05. The number of nitrogens with zero attached hydrogens (tertiary/aromatic N) is 1. The molecule has 0 aliphatic rings.